The molecule has 1 atom stereocenters. The Kier molecular flexibility index (Phi) is 8.04. The lowest BCUT2D eigenvalue weighted by Crippen LogP contribution is -2.52. The molecule has 10 heteroatoms. The zero-order valence-electron chi connectivity index (χ0n) is 22.2. The standard InChI is InChI=1S/C28H34ClN5O4/c1-19-6-8-22(29)16-23(19)33-11-13-34(14-12-33)28(35)21-5-4-10-32(17-21)18-26-30-27(31-38-26)20-7-9-24(36-2)25(15-20)37-3/h6-9,15-16,21H,4-5,10-14,17-18H2,1-3H3. The van der Waals surface area contributed by atoms with Gasteiger partial charge in [0.15, 0.2) is 11.5 Å². The third kappa shape index (κ3) is 5.73. The molecule has 1 amide bonds. The first-order valence-corrected chi connectivity index (χ1v) is 13.4. The minimum absolute atomic E-state index is 0.0172. The van der Waals surface area contributed by atoms with Crippen LogP contribution in [0.25, 0.3) is 11.4 Å². The predicted octanol–water partition coefficient (Wildman–Crippen LogP) is 4.28. The Labute approximate surface area is 228 Å². The molecule has 0 spiro atoms. The molecule has 0 saturated carbocycles. The van der Waals surface area contributed by atoms with Crippen molar-refractivity contribution in [2.24, 2.45) is 5.92 Å². The summed E-state index contributed by atoms with van der Waals surface area (Å²) in [7, 11) is 3.19. The van der Waals surface area contributed by atoms with Gasteiger partial charge in [-0.15, -0.1) is 0 Å². The van der Waals surface area contributed by atoms with Gasteiger partial charge >= 0.3 is 0 Å². The molecule has 1 unspecified atom stereocenters. The van der Waals surface area contributed by atoms with Crippen LogP contribution in [0, 0.1) is 12.8 Å². The number of aromatic nitrogens is 2. The van der Waals surface area contributed by atoms with Crippen LogP contribution >= 0.6 is 11.6 Å². The van der Waals surface area contributed by atoms with E-state index >= 15 is 0 Å². The van der Waals surface area contributed by atoms with E-state index in [1.165, 1.54) is 5.56 Å². The number of carbonyl (C=O) groups is 1. The molecule has 3 aromatic rings. The van der Waals surface area contributed by atoms with Crippen LogP contribution in [0.15, 0.2) is 40.9 Å². The summed E-state index contributed by atoms with van der Waals surface area (Å²) in [5.74, 6) is 2.51. The molecule has 3 heterocycles. The summed E-state index contributed by atoms with van der Waals surface area (Å²) >= 11 is 6.22. The van der Waals surface area contributed by atoms with Crippen molar-refractivity contribution in [3.8, 4) is 22.9 Å². The predicted molar refractivity (Wildman–Crippen MR) is 146 cm³/mol. The molecule has 0 N–H and O–H groups in total. The number of rotatable bonds is 7. The Hall–Kier alpha value is -3.30. The number of piperazine rings is 1. The van der Waals surface area contributed by atoms with Gasteiger partial charge in [0, 0.05) is 49.0 Å². The van der Waals surface area contributed by atoms with Crippen molar-refractivity contribution in [2.75, 3.05) is 58.4 Å². The van der Waals surface area contributed by atoms with Crippen molar-refractivity contribution in [2.45, 2.75) is 26.3 Å². The molecule has 9 nitrogen and oxygen atoms in total. The number of piperidine rings is 1. The number of anilines is 1. The molecule has 2 saturated heterocycles. The Bertz CT molecular complexity index is 1270. The number of halogens is 1. The number of hydrogen-bond acceptors (Lipinski definition) is 8. The number of nitrogens with zero attached hydrogens (tertiary/aromatic N) is 5. The maximum atomic E-state index is 13.4. The lowest BCUT2D eigenvalue weighted by atomic mass is 9.96. The van der Waals surface area contributed by atoms with Crippen LogP contribution in [0.3, 0.4) is 0 Å². The molecule has 0 bridgehead atoms. The van der Waals surface area contributed by atoms with E-state index in [4.69, 9.17) is 25.6 Å². The first-order valence-electron chi connectivity index (χ1n) is 13.0. The molecule has 2 fully saturated rings. The van der Waals surface area contributed by atoms with Crippen LogP contribution in [0.1, 0.15) is 24.3 Å². The second kappa shape index (κ2) is 11.6. The van der Waals surface area contributed by atoms with Gasteiger partial charge in [0.25, 0.3) is 0 Å². The van der Waals surface area contributed by atoms with E-state index in [1.807, 2.05) is 41.3 Å². The Morgan fingerprint density at radius 3 is 2.61 bits per heavy atom. The summed E-state index contributed by atoms with van der Waals surface area (Å²) in [4.78, 5) is 24.6. The number of ether oxygens (including phenoxy) is 2. The summed E-state index contributed by atoms with van der Waals surface area (Å²) in [5, 5.41) is 4.90. The van der Waals surface area contributed by atoms with Gasteiger partial charge in [-0.1, -0.05) is 22.8 Å². The Morgan fingerprint density at radius 1 is 1.05 bits per heavy atom. The van der Waals surface area contributed by atoms with Crippen LogP contribution < -0.4 is 14.4 Å². The van der Waals surface area contributed by atoms with E-state index in [9.17, 15) is 4.79 Å². The average molecular weight is 540 g/mol. The molecule has 1 aromatic heterocycles. The van der Waals surface area contributed by atoms with Gasteiger partial charge in [0.1, 0.15) is 0 Å². The molecule has 202 valence electrons. The highest BCUT2D eigenvalue weighted by atomic mass is 35.5. The first kappa shape index (κ1) is 26.3. The number of carbonyl (C=O) groups excluding carboxylic acids is 1. The molecule has 38 heavy (non-hydrogen) atoms. The topological polar surface area (TPSA) is 84.2 Å². The maximum absolute atomic E-state index is 13.4. The van der Waals surface area contributed by atoms with Crippen molar-refractivity contribution in [3.63, 3.8) is 0 Å². The van der Waals surface area contributed by atoms with Crippen LogP contribution in [-0.4, -0.2) is 79.3 Å². The lowest BCUT2D eigenvalue weighted by Gasteiger charge is -2.40. The van der Waals surface area contributed by atoms with Crippen molar-refractivity contribution < 1.29 is 18.8 Å². The van der Waals surface area contributed by atoms with Crippen molar-refractivity contribution in [1.29, 1.82) is 0 Å². The van der Waals surface area contributed by atoms with Crippen molar-refractivity contribution >= 4 is 23.2 Å². The normalized spacial score (nSPS) is 18.5. The Morgan fingerprint density at radius 2 is 1.84 bits per heavy atom. The summed E-state index contributed by atoms with van der Waals surface area (Å²) < 4.78 is 16.2. The van der Waals surface area contributed by atoms with Crippen molar-refractivity contribution in [1.82, 2.24) is 19.9 Å². The molecule has 5 rings (SSSR count). The third-order valence-corrected chi connectivity index (χ3v) is 7.66. The maximum Gasteiger partial charge on any atom is 0.241 e. The van der Waals surface area contributed by atoms with E-state index < -0.39 is 0 Å². The highest BCUT2D eigenvalue weighted by molar-refractivity contribution is 6.30. The van der Waals surface area contributed by atoms with Crippen LogP contribution in [0.2, 0.25) is 5.02 Å². The van der Waals surface area contributed by atoms with E-state index in [-0.39, 0.29) is 11.8 Å². The zero-order valence-corrected chi connectivity index (χ0v) is 22.9. The minimum Gasteiger partial charge on any atom is -0.493 e. The fraction of sp³-hybridized carbons (Fsp3) is 0.464. The molecule has 2 aliphatic heterocycles. The number of benzene rings is 2. The van der Waals surface area contributed by atoms with E-state index in [2.05, 4.69) is 26.9 Å². The van der Waals surface area contributed by atoms with Gasteiger partial charge in [-0.05, 0) is 62.2 Å². The van der Waals surface area contributed by atoms with E-state index in [1.54, 1.807) is 14.2 Å². The second-order valence-corrected chi connectivity index (χ2v) is 10.3. The molecular formula is C28H34ClN5O4. The van der Waals surface area contributed by atoms with Crippen LogP contribution in [0.5, 0.6) is 11.5 Å². The fourth-order valence-corrected chi connectivity index (χ4v) is 5.52. The fourth-order valence-electron chi connectivity index (χ4n) is 5.35. The van der Waals surface area contributed by atoms with E-state index in [0.717, 1.165) is 61.8 Å². The number of likely N-dealkylation sites (tertiary alicyclic amines) is 1. The van der Waals surface area contributed by atoms with Gasteiger partial charge in [0.05, 0.1) is 26.7 Å². The molecule has 2 aromatic carbocycles. The van der Waals surface area contributed by atoms with Gasteiger partial charge in [0.2, 0.25) is 17.6 Å². The lowest BCUT2D eigenvalue weighted by molar-refractivity contribution is -0.137. The first-order chi connectivity index (χ1) is 18.4. The molecule has 2 aliphatic rings. The van der Waals surface area contributed by atoms with Gasteiger partial charge < -0.3 is 23.8 Å². The summed E-state index contributed by atoms with van der Waals surface area (Å²) in [6.45, 7) is 7.28. The van der Waals surface area contributed by atoms with Gasteiger partial charge in [-0.2, -0.15) is 4.98 Å². The molecular weight excluding hydrogens is 506 g/mol. The van der Waals surface area contributed by atoms with Gasteiger partial charge in [-0.25, -0.2) is 0 Å². The Balaban J connectivity index is 1.17. The number of amides is 1. The zero-order chi connectivity index (χ0) is 26.6. The summed E-state index contributed by atoms with van der Waals surface area (Å²) in [6.07, 6.45) is 1.87. The number of aryl methyl sites for hydroxylation is 1. The SMILES string of the molecule is COc1ccc(-c2noc(CN3CCCC(C(=O)N4CCN(c5cc(Cl)ccc5C)CC4)C3)n2)cc1OC. The summed E-state index contributed by atoms with van der Waals surface area (Å²) in [6, 6.07) is 11.5. The highest BCUT2D eigenvalue weighted by Crippen LogP contribution is 2.31. The minimum atomic E-state index is -0.0172. The van der Waals surface area contributed by atoms with Gasteiger partial charge in [-0.3, -0.25) is 9.69 Å². The number of hydrogen-bond donors (Lipinski definition) is 0. The largest absolute Gasteiger partial charge is 0.493 e. The average Bonchev–Trinajstić information content (AvgIpc) is 3.42. The highest BCUT2D eigenvalue weighted by Gasteiger charge is 2.32. The van der Waals surface area contributed by atoms with E-state index in [0.29, 0.717) is 36.3 Å². The van der Waals surface area contributed by atoms with Crippen LogP contribution in [0.4, 0.5) is 5.69 Å². The summed E-state index contributed by atoms with van der Waals surface area (Å²) in [5.41, 5.74) is 3.14. The smallest absolute Gasteiger partial charge is 0.241 e. The monoisotopic (exact) mass is 539 g/mol. The molecule has 0 aliphatic carbocycles. The molecule has 0 radical (unpaired) electrons. The quantitative estimate of drug-likeness (QED) is 0.440. The van der Waals surface area contributed by atoms with Crippen molar-refractivity contribution in [3.05, 3.63) is 52.9 Å². The third-order valence-electron chi connectivity index (χ3n) is 7.43. The number of methoxy groups -OCH3 is 2. The van der Waals surface area contributed by atoms with Crippen LogP contribution in [-0.2, 0) is 11.3 Å². The second-order valence-electron chi connectivity index (χ2n) is 9.90.